The minimum absolute atomic E-state index is 0.666. The molecule has 23 heavy (non-hydrogen) atoms. The van der Waals surface area contributed by atoms with Crippen molar-refractivity contribution in [3.05, 3.63) is 51.7 Å². The number of nitrogens with zero attached hydrogens (tertiary/aromatic N) is 5. The maximum atomic E-state index is 5.38. The van der Waals surface area contributed by atoms with Crippen LogP contribution in [0.4, 0.5) is 0 Å². The SMILES string of the molecule is c1csc(Cn2nnnc2SCc2cc(-c3cccs3)on2)c1. The molecule has 0 amide bonds. The van der Waals surface area contributed by atoms with Gasteiger partial charge in [-0.3, -0.25) is 0 Å². The van der Waals surface area contributed by atoms with E-state index in [9.17, 15) is 0 Å². The smallest absolute Gasteiger partial charge is 0.210 e. The fraction of sp³-hybridized carbons (Fsp3) is 0.143. The van der Waals surface area contributed by atoms with Gasteiger partial charge in [-0.15, -0.1) is 27.8 Å². The van der Waals surface area contributed by atoms with Gasteiger partial charge in [-0.25, -0.2) is 4.68 Å². The number of hydrogen-bond donors (Lipinski definition) is 0. The Bertz CT molecular complexity index is 866. The number of aromatic nitrogens is 5. The highest BCUT2D eigenvalue weighted by Gasteiger charge is 2.12. The summed E-state index contributed by atoms with van der Waals surface area (Å²) in [5, 5.41) is 20.9. The molecule has 0 aliphatic carbocycles. The molecule has 0 bridgehead atoms. The third kappa shape index (κ3) is 3.36. The molecule has 0 fully saturated rings. The predicted molar refractivity (Wildman–Crippen MR) is 90.6 cm³/mol. The lowest BCUT2D eigenvalue weighted by Gasteiger charge is -2.01. The quantitative estimate of drug-likeness (QED) is 0.487. The topological polar surface area (TPSA) is 69.6 Å². The van der Waals surface area contributed by atoms with Gasteiger partial charge in [0, 0.05) is 16.7 Å². The molecule has 0 spiro atoms. The highest BCUT2D eigenvalue weighted by atomic mass is 32.2. The first-order chi connectivity index (χ1) is 11.4. The Morgan fingerprint density at radius 2 is 2.09 bits per heavy atom. The highest BCUT2D eigenvalue weighted by molar-refractivity contribution is 7.98. The molecule has 0 unspecified atom stereocenters. The molecule has 4 aromatic heterocycles. The first-order valence-electron chi connectivity index (χ1n) is 6.79. The first kappa shape index (κ1) is 14.6. The van der Waals surface area contributed by atoms with Crippen LogP contribution in [0, 0.1) is 0 Å². The van der Waals surface area contributed by atoms with Gasteiger partial charge in [-0.2, -0.15) is 0 Å². The predicted octanol–water partition coefficient (Wildman–Crippen LogP) is 3.79. The molecule has 0 atom stereocenters. The van der Waals surface area contributed by atoms with Crippen LogP contribution in [0.2, 0.25) is 0 Å². The number of rotatable bonds is 6. The summed E-state index contributed by atoms with van der Waals surface area (Å²) >= 11 is 4.88. The molecule has 0 saturated carbocycles. The van der Waals surface area contributed by atoms with Gasteiger partial charge in [0.25, 0.3) is 0 Å². The second kappa shape index (κ2) is 6.65. The molecule has 0 N–H and O–H groups in total. The molecule has 0 aliphatic heterocycles. The molecule has 0 saturated heterocycles. The van der Waals surface area contributed by atoms with Crippen molar-refractivity contribution in [1.82, 2.24) is 25.4 Å². The van der Waals surface area contributed by atoms with Crippen molar-refractivity contribution in [2.75, 3.05) is 0 Å². The summed E-state index contributed by atoms with van der Waals surface area (Å²) in [4.78, 5) is 2.30. The zero-order valence-electron chi connectivity index (χ0n) is 11.8. The highest BCUT2D eigenvalue weighted by Crippen LogP contribution is 2.27. The summed E-state index contributed by atoms with van der Waals surface area (Å²) in [6.45, 7) is 0.687. The summed E-state index contributed by atoms with van der Waals surface area (Å²) in [6.07, 6.45) is 0. The Morgan fingerprint density at radius 1 is 1.17 bits per heavy atom. The lowest BCUT2D eigenvalue weighted by Crippen LogP contribution is -2.02. The van der Waals surface area contributed by atoms with Gasteiger partial charge in [0.1, 0.15) is 0 Å². The normalized spacial score (nSPS) is 11.1. The number of thioether (sulfide) groups is 1. The summed E-state index contributed by atoms with van der Waals surface area (Å²) in [5.74, 6) is 1.47. The molecule has 4 rings (SSSR count). The molecule has 0 radical (unpaired) electrons. The minimum atomic E-state index is 0.666. The Labute approximate surface area is 144 Å². The molecule has 116 valence electrons. The maximum Gasteiger partial charge on any atom is 0.210 e. The standard InChI is InChI=1S/C14H11N5OS3/c1-3-11(21-5-1)8-19-14(15-17-18-19)23-9-10-7-12(20-16-10)13-4-2-6-22-13/h1-7H,8-9H2. The van der Waals surface area contributed by atoms with Crippen molar-refractivity contribution in [3.63, 3.8) is 0 Å². The van der Waals surface area contributed by atoms with E-state index in [4.69, 9.17) is 4.52 Å². The van der Waals surface area contributed by atoms with Crippen molar-refractivity contribution < 1.29 is 4.52 Å². The van der Waals surface area contributed by atoms with E-state index >= 15 is 0 Å². The first-order valence-corrected chi connectivity index (χ1v) is 9.54. The summed E-state index contributed by atoms with van der Waals surface area (Å²) in [6, 6.07) is 10.1. The van der Waals surface area contributed by atoms with Crippen LogP contribution in [-0.4, -0.2) is 25.4 Å². The summed E-state index contributed by atoms with van der Waals surface area (Å²) < 4.78 is 7.19. The average molecular weight is 361 g/mol. The molecular weight excluding hydrogens is 350 g/mol. The van der Waals surface area contributed by atoms with E-state index in [1.807, 2.05) is 35.0 Å². The molecule has 4 aromatic rings. The van der Waals surface area contributed by atoms with Gasteiger partial charge in [-0.1, -0.05) is 29.1 Å². The van der Waals surface area contributed by atoms with Crippen LogP contribution in [0.25, 0.3) is 10.6 Å². The summed E-state index contributed by atoms with van der Waals surface area (Å²) in [7, 11) is 0. The van der Waals surface area contributed by atoms with Crippen LogP contribution in [0.15, 0.2) is 50.8 Å². The van der Waals surface area contributed by atoms with Crippen LogP contribution in [0.1, 0.15) is 10.6 Å². The van der Waals surface area contributed by atoms with Crippen LogP contribution in [0.5, 0.6) is 0 Å². The zero-order chi connectivity index (χ0) is 15.5. The Balaban J connectivity index is 1.43. The Hall–Kier alpha value is -1.97. The number of thiophene rings is 2. The second-order valence-corrected chi connectivity index (χ2v) is 7.57. The average Bonchev–Trinajstić information content (AvgIpc) is 3.34. The van der Waals surface area contributed by atoms with Gasteiger partial charge in [0.2, 0.25) is 5.16 Å². The summed E-state index contributed by atoms with van der Waals surface area (Å²) in [5.41, 5.74) is 0.879. The van der Waals surface area contributed by atoms with Crippen molar-refractivity contribution in [3.8, 4) is 10.6 Å². The van der Waals surface area contributed by atoms with Crippen molar-refractivity contribution >= 4 is 34.4 Å². The molecule has 0 aromatic carbocycles. The van der Waals surface area contributed by atoms with Gasteiger partial charge < -0.3 is 4.52 Å². The molecular formula is C14H11N5OS3. The van der Waals surface area contributed by atoms with Crippen molar-refractivity contribution in [2.24, 2.45) is 0 Å². The monoisotopic (exact) mass is 361 g/mol. The Kier molecular flexibility index (Phi) is 4.22. The van der Waals surface area contributed by atoms with E-state index < -0.39 is 0 Å². The van der Waals surface area contributed by atoms with Crippen LogP contribution < -0.4 is 0 Å². The molecule has 4 heterocycles. The lowest BCUT2D eigenvalue weighted by molar-refractivity contribution is 0.427. The van der Waals surface area contributed by atoms with E-state index in [0.29, 0.717) is 12.3 Å². The molecule has 9 heteroatoms. The zero-order valence-corrected chi connectivity index (χ0v) is 14.3. The maximum absolute atomic E-state index is 5.38. The van der Waals surface area contributed by atoms with Gasteiger partial charge in [-0.05, 0) is 33.3 Å². The van der Waals surface area contributed by atoms with E-state index in [2.05, 4.69) is 26.7 Å². The fourth-order valence-corrected chi connectivity index (χ4v) is 4.12. The number of tetrazole rings is 1. The third-order valence-electron chi connectivity index (χ3n) is 3.06. The van der Waals surface area contributed by atoms with E-state index in [1.54, 1.807) is 39.1 Å². The van der Waals surface area contributed by atoms with Gasteiger partial charge in [0.05, 0.1) is 17.1 Å². The van der Waals surface area contributed by atoms with Crippen LogP contribution in [0.3, 0.4) is 0 Å². The second-order valence-electron chi connectivity index (χ2n) is 4.65. The number of hydrogen-bond acceptors (Lipinski definition) is 8. The molecule has 6 nitrogen and oxygen atoms in total. The van der Waals surface area contributed by atoms with E-state index in [-0.39, 0.29) is 0 Å². The van der Waals surface area contributed by atoms with E-state index in [0.717, 1.165) is 21.5 Å². The van der Waals surface area contributed by atoms with Crippen LogP contribution >= 0.6 is 34.4 Å². The van der Waals surface area contributed by atoms with Crippen LogP contribution in [-0.2, 0) is 12.3 Å². The fourth-order valence-electron chi connectivity index (χ4n) is 2.00. The van der Waals surface area contributed by atoms with Gasteiger partial charge >= 0.3 is 0 Å². The van der Waals surface area contributed by atoms with Crippen molar-refractivity contribution in [2.45, 2.75) is 17.5 Å². The Morgan fingerprint density at radius 3 is 2.91 bits per heavy atom. The van der Waals surface area contributed by atoms with Gasteiger partial charge in [0.15, 0.2) is 5.76 Å². The van der Waals surface area contributed by atoms with Crippen molar-refractivity contribution in [1.29, 1.82) is 0 Å². The minimum Gasteiger partial charge on any atom is -0.355 e. The molecule has 0 aliphatic rings. The third-order valence-corrected chi connectivity index (χ3v) is 5.79. The lowest BCUT2D eigenvalue weighted by atomic mass is 10.3. The van der Waals surface area contributed by atoms with E-state index in [1.165, 1.54) is 4.88 Å². The largest absolute Gasteiger partial charge is 0.355 e.